The molecule has 9 aromatic rings. The van der Waals surface area contributed by atoms with Gasteiger partial charge in [0.05, 0.1) is 40.0 Å². The number of carbonyl (C=O) groups excluding carboxylic acids is 3. The molecule has 0 saturated carbocycles. The molecule has 2 aromatic carbocycles. The second-order valence-corrected chi connectivity index (χ2v) is 11.0. The van der Waals surface area contributed by atoms with E-state index >= 15 is 0 Å². The Morgan fingerprint density at radius 2 is 0.557 bits per heavy atom. The molecule has 311 valence electrons. The fourth-order valence-corrected chi connectivity index (χ4v) is 4.81. The van der Waals surface area contributed by atoms with Gasteiger partial charge in [0, 0.05) is 100 Å². The van der Waals surface area contributed by atoms with Gasteiger partial charge < -0.3 is 57.1 Å². The summed E-state index contributed by atoms with van der Waals surface area (Å²) >= 11 is 0. The van der Waals surface area contributed by atoms with Gasteiger partial charge in [-0.25, -0.2) is 0 Å². The van der Waals surface area contributed by atoms with E-state index in [-0.39, 0.29) is 85.8 Å². The number of aromatic nitrogens is 7. The van der Waals surface area contributed by atoms with Crippen LogP contribution in [0.1, 0.15) is 31.1 Å². The van der Waals surface area contributed by atoms with Crippen LogP contribution in [0, 0.1) is 41.7 Å². The van der Waals surface area contributed by atoms with Crippen LogP contribution in [0.3, 0.4) is 0 Å². The third-order valence-electron chi connectivity index (χ3n) is 7.38. The Kier molecular flexibility index (Phi) is 27.0. The first-order chi connectivity index (χ1) is 26.8. The fraction of sp³-hybridized carbons (Fsp3) is 0. The molecule has 0 unspecified atom stereocenters. The third kappa shape index (κ3) is 16.7. The molecule has 0 atom stereocenters. The van der Waals surface area contributed by atoms with Crippen molar-refractivity contribution in [2.75, 3.05) is 0 Å². The van der Waals surface area contributed by atoms with Gasteiger partial charge in [-0.15, -0.1) is 0 Å². The fourth-order valence-electron chi connectivity index (χ4n) is 4.81. The van der Waals surface area contributed by atoms with Crippen molar-refractivity contribution >= 4 is 61.5 Å². The van der Waals surface area contributed by atoms with Gasteiger partial charge in [0.2, 0.25) is 0 Å². The number of carboxylic acids is 3. The minimum Gasteiger partial charge on any atom is -0.545 e. The molecular formula is C42H40CeN7O11+2. The summed E-state index contributed by atoms with van der Waals surface area (Å²) in [6, 6.07) is 33.2. The Bertz CT molecular complexity index is 2330. The molecule has 0 fully saturated rings. The van der Waals surface area contributed by atoms with Crippen LogP contribution in [0.2, 0.25) is 0 Å². The summed E-state index contributed by atoms with van der Waals surface area (Å²) in [6.45, 7) is 0. The summed E-state index contributed by atoms with van der Waals surface area (Å²) in [5.41, 5.74) is 4.24. The number of benzene rings is 2. The number of aromatic carboxylic acids is 3. The largest absolute Gasteiger partial charge is 3.00 e. The van der Waals surface area contributed by atoms with Gasteiger partial charge in [-0.1, -0.05) is 66.7 Å². The number of carboxylic acid groups (broad SMARTS) is 3. The first kappa shape index (κ1) is 56.2. The van der Waals surface area contributed by atoms with E-state index in [1.807, 2.05) is 24.3 Å². The Morgan fingerprint density at radius 3 is 0.721 bits per heavy atom. The van der Waals surface area contributed by atoms with Crippen molar-refractivity contribution in [2.45, 2.75) is 0 Å². The SMILES string of the molecule is O.O.O.O=C([O-])c1cccnc1.O=C([O-])c1cccnc1.O=C([O-])c1cccnc1.[Ce+3].[OH3+].[OH3+].c1cnc2c(c1)ccc1cccnc12.c1cnc2c(c1)ccc1cccnc12. The Hall–Kier alpha value is -6.88. The molecule has 18 nitrogen and oxygen atoms in total. The standard InChI is InChI=1S/2C12H8N2.3C6H5NO2.Ce.5H2O/c2*1-3-9-5-6-10-4-2-8-14-12(10)11(9)13-7-1;3*8-6(9)5-2-1-3-7-4-5;;;;;;/h2*1-8H;3*1-4H,(H,8,9);;5*1H2/q;;;;;+3;;;;;/p-1. The number of fused-ring (bicyclic) bond motifs is 6. The quantitative estimate of drug-likeness (QED) is 0.161. The summed E-state index contributed by atoms with van der Waals surface area (Å²) in [7, 11) is 0. The van der Waals surface area contributed by atoms with Crippen LogP contribution in [-0.4, -0.2) is 69.2 Å². The monoisotopic (exact) mass is 958 g/mol. The third-order valence-corrected chi connectivity index (χ3v) is 7.38. The zero-order chi connectivity index (χ0) is 38.8. The summed E-state index contributed by atoms with van der Waals surface area (Å²) < 4.78 is 0. The molecule has 0 saturated heterocycles. The van der Waals surface area contributed by atoms with Crippen molar-refractivity contribution in [1.82, 2.24) is 34.9 Å². The first-order valence-corrected chi connectivity index (χ1v) is 16.3. The smallest absolute Gasteiger partial charge is 0.545 e. The minimum atomic E-state index is -1.19. The van der Waals surface area contributed by atoms with Crippen LogP contribution < -0.4 is 15.3 Å². The van der Waals surface area contributed by atoms with Crippen molar-refractivity contribution < 1.29 is 98.8 Å². The molecule has 1 radical (unpaired) electrons. The predicted octanol–water partition coefficient (Wildman–Crippen LogP) is -0.417. The van der Waals surface area contributed by atoms with Crippen molar-refractivity contribution in [3.05, 3.63) is 188 Å². The molecule has 12 N–H and O–H groups in total. The number of hydrogen-bond acceptors (Lipinski definition) is 13. The van der Waals surface area contributed by atoms with Crippen LogP contribution in [0.5, 0.6) is 0 Å². The summed E-state index contributed by atoms with van der Waals surface area (Å²) in [4.78, 5) is 58.3. The zero-order valence-corrected chi connectivity index (χ0v) is 35.0. The van der Waals surface area contributed by atoms with Gasteiger partial charge >= 0.3 is 41.7 Å². The molecule has 0 aliphatic heterocycles. The summed E-state index contributed by atoms with van der Waals surface area (Å²) in [6.07, 6.45) is 15.5. The molecule has 0 aliphatic rings. The van der Waals surface area contributed by atoms with E-state index in [0.717, 1.165) is 43.6 Å². The molecule has 7 aromatic heterocycles. The van der Waals surface area contributed by atoms with Gasteiger partial charge in [0.25, 0.3) is 0 Å². The van der Waals surface area contributed by atoms with Crippen LogP contribution in [0.15, 0.2) is 171 Å². The Balaban J connectivity index is 0. The zero-order valence-electron chi connectivity index (χ0n) is 31.9. The second-order valence-electron chi connectivity index (χ2n) is 11.0. The van der Waals surface area contributed by atoms with Crippen molar-refractivity contribution in [3.63, 3.8) is 0 Å². The van der Waals surface area contributed by atoms with E-state index in [1.54, 1.807) is 43.0 Å². The maximum atomic E-state index is 10.0. The second kappa shape index (κ2) is 29.3. The molecule has 0 aliphatic carbocycles. The van der Waals surface area contributed by atoms with Crippen molar-refractivity contribution in [2.24, 2.45) is 0 Å². The van der Waals surface area contributed by atoms with E-state index in [9.17, 15) is 29.7 Å². The van der Waals surface area contributed by atoms with Gasteiger partial charge in [-0.2, -0.15) is 0 Å². The van der Waals surface area contributed by atoms with Gasteiger partial charge in [0.1, 0.15) is 0 Å². The number of pyridine rings is 7. The van der Waals surface area contributed by atoms with Crippen molar-refractivity contribution in [3.8, 4) is 0 Å². The molecular weight excluding hydrogens is 919 g/mol. The molecule has 7 heterocycles. The maximum absolute atomic E-state index is 10.0. The number of carbonyl (C=O) groups is 3. The molecule has 9 rings (SSSR count). The maximum Gasteiger partial charge on any atom is 3.00 e. The van der Waals surface area contributed by atoms with Gasteiger partial charge in [-0.3, -0.25) is 34.9 Å². The van der Waals surface area contributed by atoms with Gasteiger partial charge in [-0.05, 0) is 42.5 Å². The van der Waals surface area contributed by atoms with Crippen molar-refractivity contribution in [1.29, 1.82) is 0 Å². The van der Waals surface area contributed by atoms with E-state index in [2.05, 4.69) is 83.4 Å². The Labute approximate surface area is 380 Å². The summed E-state index contributed by atoms with van der Waals surface area (Å²) in [5.74, 6) is -3.57. The minimum absolute atomic E-state index is 0. The summed E-state index contributed by atoms with van der Waals surface area (Å²) in [5, 5.41) is 34.7. The number of rotatable bonds is 3. The van der Waals surface area contributed by atoms with E-state index < -0.39 is 17.9 Å². The van der Waals surface area contributed by atoms with Crippen LogP contribution >= 0.6 is 0 Å². The average Bonchev–Trinajstić information content (AvgIpc) is 3.25. The molecule has 61 heavy (non-hydrogen) atoms. The number of nitrogens with zero attached hydrogens (tertiary/aromatic N) is 7. The Morgan fingerprint density at radius 1 is 0.344 bits per heavy atom. The average molecular weight is 959 g/mol. The molecule has 0 bridgehead atoms. The van der Waals surface area contributed by atoms with E-state index in [4.69, 9.17) is 0 Å². The topological polar surface area (TPSA) is 371 Å². The molecule has 19 heteroatoms. The van der Waals surface area contributed by atoms with E-state index in [0.29, 0.717) is 0 Å². The van der Waals surface area contributed by atoms with Gasteiger partial charge in [0.15, 0.2) is 0 Å². The van der Waals surface area contributed by atoms with E-state index in [1.165, 1.54) is 55.4 Å². The first-order valence-electron chi connectivity index (χ1n) is 16.3. The normalized spacial score (nSPS) is 8.92. The molecule has 0 spiro atoms. The number of hydrogen-bond donors (Lipinski definition) is 0. The van der Waals surface area contributed by atoms with Crippen LogP contribution in [-0.2, 0) is 11.0 Å². The predicted molar refractivity (Wildman–Crippen MR) is 220 cm³/mol. The van der Waals surface area contributed by atoms with Crippen LogP contribution in [0.4, 0.5) is 0 Å². The van der Waals surface area contributed by atoms with Crippen LogP contribution in [0.25, 0.3) is 43.6 Å². The molecule has 0 amide bonds.